The normalized spacial score (nSPS) is 20.4. The van der Waals surface area contributed by atoms with E-state index in [1.54, 1.807) is 7.05 Å². The van der Waals surface area contributed by atoms with E-state index in [-0.39, 0.29) is 35.9 Å². The van der Waals surface area contributed by atoms with Gasteiger partial charge in [0.05, 0.1) is 12.6 Å². The molecule has 138 valence electrons. The van der Waals surface area contributed by atoms with Gasteiger partial charge in [-0.3, -0.25) is 9.79 Å². The fraction of sp³-hybridized carbons (Fsp3) is 0.556. The smallest absolute Gasteiger partial charge is 0.229 e. The number of ether oxygens (including phenoxy) is 1. The predicted octanol–water partition coefficient (Wildman–Crippen LogP) is 2.00. The summed E-state index contributed by atoms with van der Waals surface area (Å²) in [4.78, 5) is 18.3. The van der Waals surface area contributed by atoms with Crippen LogP contribution in [0.3, 0.4) is 0 Å². The minimum absolute atomic E-state index is 0. The Kier molecular flexibility index (Phi) is 7.95. The fourth-order valence-corrected chi connectivity index (χ4v) is 2.83. The Morgan fingerprint density at radius 3 is 2.76 bits per heavy atom. The molecule has 1 unspecified atom stereocenters. The molecule has 1 amide bonds. The zero-order chi connectivity index (χ0) is 16.8. The highest BCUT2D eigenvalue weighted by atomic mass is 127. The number of nitrogens with zero attached hydrogens (tertiary/aromatic N) is 2. The van der Waals surface area contributed by atoms with Crippen LogP contribution in [0, 0.1) is 5.92 Å². The van der Waals surface area contributed by atoms with Crippen LogP contribution in [0.5, 0.6) is 0 Å². The minimum atomic E-state index is 0. The van der Waals surface area contributed by atoms with Crippen LogP contribution in [-0.4, -0.2) is 51.3 Å². The molecule has 1 saturated heterocycles. The predicted molar refractivity (Wildman–Crippen MR) is 111 cm³/mol. The van der Waals surface area contributed by atoms with E-state index in [1.165, 1.54) is 12.8 Å². The van der Waals surface area contributed by atoms with Gasteiger partial charge in [0, 0.05) is 38.9 Å². The van der Waals surface area contributed by atoms with Crippen LogP contribution in [0.25, 0.3) is 0 Å². The summed E-state index contributed by atoms with van der Waals surface area (Å²) >= 11 is 0. The lowest BCUT2D eigenvalue weighted by Gasteiger charge is -2.19. The van der Waals surface area contributed by atoms with Crippen molar-refractivity contribution >= 4 is 41.5 Å². The highest BCUT2D eigenvalue weighted by molar-refractivity contribution is 14.0. The molecule has 0 spiro atoms. The standard InChI is InChI=1S/C18H26N4O2.HI/c1-19-18(20-9-10-24-13-14-7-8-14)21-15-11-17(23)22(12-15)16-5-3-2-4-6-16;/h2-6,14-15H,7-13H2,1H3,(H2,19,20,21);1H. The second-order valence-corrected chi connectivity index (χ2v) is 6.40. The third-order valence-corrected chi connectivity index (χ3v) is 4.35. The molecule has 1 atom stereocenters. The van der Waals surface area contributed by atoms with Crippen molar-refractivity contribution < 1.29 is 9.53 Å². The number of halogens is 1. The molecule has 0 bridgehead atoms. The first-order valence-corrected chi connectivity index (χ1v) is 8.66. The average Bonchev–Trinajstić information content (AvgIpc) is 3.36. The van der Waals surface area contributed by atoms with Gasteiger partial charge in [0.25, 0.3) is 0 Å². The number of guanidine groups is 1. The molecule has 2 aliphatic rings. The monoisotopic (exact) mass is 458 g/mol. The second kappa shape index (κ2) is 9.96. The molecule has 1 saturated carbocycles. The van der Waals surface area contributed by atoms with Crippen molar-refractivity contribution in [1.29, 1.82) is 0 Å². The van der Waals surface area contributed by atoms with E-state index >= 15 is 0 Å². The number of hydrogen-bond donors (Lipinski definition) is 2. The third-order valence-electron chi connectivity index (χ3n) is 4.35. The molecule has 1 heterocycles. The maximum atomic E-state index is 12.2. The zero-order valence-electron chi connectivity index (χ0n) is 14.6. The number of nitrogens with one attached hydrogen (secondary N) is 2. The summed E-state index contributed by atoms with van der Waals surface area (Å²) in [5.41, 5.74) is 0.947. The summed E-state index contributed by atoms with van der Waals surface area (Å²) in [6.45, 7) is 2.92. The molecule has 1 aromatic rings. The lowest BCUT2D eigenvalue weighted by atomic mass is 10.2. The van der Waals surface area contributed by atoms with E-state index in [1.807, 2.05) is 35.2 Å². The number of para-hydroxylation sites is 1. The summed E-state index contributed by atoms with van der Waals surface area (Å²) in [6, 6.07) is 9.85. The Morgan fingerprint density at radius 1 is 1.32 bits per heavy atom. The zero-order valence-corrected chi connectivity index (χ0v) is 16.9. The maximum absolute atomic E-state index is 12.2. The van der Waals surface area contributed by atoms with Gasteiger partial charge in [0.2, 0.25) is 5.91 Å². The highest BCUT2D eigenvalue weighted by Crippen LogP contribution is 2.28. The summed E-state index contributed by atoms with van der Waals surface area (Å²) in [6.07, 6.45) is 3.10. The van der Waals surface area contributed by atoms with Crippen molar-refractivity contribution in [1.82, 2.24) is 10.6 Å². The van der Waals surface area contributed by atoms with Crippen molar-refractivity contribution in [3.63, 3.8) is 0 Å². The van der Waals surface area contributed by atoms with E-state index < -0.39 is 0 Å². The summed E-state index contributed by atoms with van der Waals surface area (Å²) < 4.78 is 5.61. The van der Waals surface area contributed by atoms with Crippen molar-refractivity contribution in [2.75, 3.05) is 38.3 Å². The van der Waals surface area contributed by atoms with Crippen LogP contribution in [0.2, 0.25) is 0 Å². The third kappa shape index (κ3) is 6.14. The molecule has 3 rings (SSSR count). The Hall–Kier alpha value is -1.35. The molecule has 1 aromatic carbocycles. The topological polar surface area (TPSA) is 66.0 Å². The van der Waals surface area contributed by atoms with Crippen LogP contribution < -0.4 is 15.5 Å². The molecular formula is C18H27IN4O2. The van der Waals surface area contributed by atoms with Crippen molar-refractivity contribution in [3.8, 4) is 0 Å². The number of aliphatic imine (C=N–C) groups is 1. The van der Waals surface area contributed by atoms with Crippen LogP contribution in [0.4, 0.5) is 5.69 Å². The molecule has 2 N–H and O–H groups in total. The SMILES string of the molecule is CN=C(NCCOCC1CC1)NC1CC(=O)N(c2ccccc2)C1.I. The second-order valence-electron chi connectivity index (χ2n) is 6.40. The van der Waals surface area contributed by atoms with Crippen LogP contribution >= 0.6 is 24.0 Å². The van der Waals surface area contributed by atoms with Crippen LogP contribution in [-0.2, 0) is 9.53 Å². The summed E-state index contributed by atoms with van der Waals surface area (Å²) in [7, 11) is 1.74. The van der Waals surface area contributed by atoms with Gasteiger partial charge in [0.15, 0.2) is 5.96 Å². The van der Waals surface area contributed by atoms with Gasteiger partial charge in [-0.15, -0.1) is 24.0 Å². The Bertz CT molecular complexity index is 578. The number of amides is 1. The van der Waals surface area contributed by atoms with E-state index in [9.17, 15) is 4.79 Å². The van der Waals surface area contributed by atoms with Gasteiger partial charge < -0.3 is 20.3 Å². The molecular weight excluding hydrogens is 431 g/mol. The maximum Gasteiger partial charge on any atom is 0.229 e. The van der Waals surface area contributed by atoms with E-state index in [4.69, 9.17) is 4.74 Å². The van der Waals surface area contributed by atoms with Crippen molar-refractivity contribution in [2.45, 2.75) is 25.3 Å². The summed E-state index contributed by atoms with van der Waals surface area (Å²) in [5.74, 6) is 1.65. The lowest BCUT2D eigenvalue weighted by molar-refractivity contribution is -0.117. The Balaban J connectivity index is 0.00000225. The molecule has 1 aliphatic heterocycles. The number of rotatable bonds is 7. The largest absolute Gasteiger partial charge is 0.379 e. The van der Waals surface area contributed by atoms with Crippen molar-refractivity contribution in [3.05, 3.63) is 30.3 Å². The number of carbonyl (C=O) groups excluding carboxylic acids is 1. The lowest BCUT2D eigenvalue weighted by Crippen LogP contribution is -2.45. The van der Waals surface area contributed by atoms with Gasteiger partial charge in [-0.2, -0.15) is 0 Å². The minimum Gasteiger partial charge on any atom is -0.379 e. The molecule has 0 aromatic heterocycles. The van der Waals surface area contributed by atoms with Gasteiger partial charge in [0.1, 0.15) is 0 Å². The number of carbonyl (C=O) groups is 1. The molecule has 7 heteroatoms. The molecule has 1 aliphatic carbocycles. The van der Waals surface area contributed by atoms with Gasteiger partial charge >= 0.3 is 0 Å². The van der Waals surface area contributed by atoms with Gasteiger partial charge in [-0.1, -0.05) is 18.2 Å². The van der Waals surface area contributed by atoms with Crippen LogP contribution in [0.1, 0.15) is 19.3 Å². The first kappa shape index (κ1) is 20.0. The van der Waals surface area contributed by atoms with Crippen molar-refractivity contribution in [2.24, 2.45) is 10.9 Å². The Morgan fingerprint density at radius 2 is 2.08 bits per heavy atom. The first-order chi connectivity index (χ1) is 11.8. The molecule has 2 fully saturated rings. The number of hydrogen-bond acceptors (Lipinski definition) is 3. The van der Waals surface area contributed by atoms with Gasteiger partial charge in [-0.05, 0) is 30.9 Å². The van der Waals surface area contributed by atoms with E-state index in [2.05, 4.69) is 15.6 Å². The molecule has 0 radical (unpaired) electrons. The highest BCUT2D eigenvalue weighted by Gasteiger charge is 2.31. The quantitative estimate of drug-likeness (QED) is 0.284. The number of anilines is 1. The molecule has 6 nitrogen and oxygen atoms in total. The van der Waals surface area contributed by atoms with E-state index in [0.717, 1.165) is 30.7 Å². The van der Waals surface area contributed by atoms with Crippen LogP contribution in [0.15, 0.2) is 35.3 Å². The average molecular weight is 458 g/mol. The summed E-state index contributed by atoms with van der Waals surface area (Å²) in [5, 5.41) is 6.57. The fourth-order valence-electron chi connectivity index (χ4n) is 2.83. The van der Waals surface area contributed by atoms with Gasteiger partial charge in [-0.25, -0.2) is 0 Å². The molecule has 25 heavy (non-hydrogen) atoms. The Labute approximate surface area is 166 Å². The number of benzene rings is 1. The van der Waals surface area contributed by atoms with E-state index in [0.29, 0.717) is 19.6 Å². The first-order valence-electron chi connectivity index (χ1n) is 8.66.